The van der Waals surface area contributed by atoms with Crippen molar-refractivity contribution in [2.24, 2.45) is 10.9 Å². The van der Waals surface area contributed by atoms with Crippen LogP contribution in [0.25, 0.3) is 0 Å². The molecule has 0 aliphatic carbocycles. The van der Waals surface area contributed by atoms with Crippen LogP contribution in [0.2, 0.25) is 0 Å². The fourth-order valence-corrected chi connectivity index (χ4v) is 1.34. The van der Waals surface area contributed by atoms with E-state index in [0.29, 0.717) is 18.9 Å². The van der Waals surface area contributed by atoms with Crippen molar-refractivity contribution < 1.29 is 4.79 Å². The second-order valence-electron chi connectivity index (χ2n) is 3.47. The number of carbonyl (C=O) groups excluding carboxylic acids is 1. The Hall–Kier alpha value is -0.920. The van der Waals surface area contributed by atoms with Crippen LogP contribution in [0.3, 0.4) is 0 Å². The number of Topliss-reactive ketones (excluding diaryl/α,β-unsaturated/α-hetero) is 1. The van der Waals surface area contributed by atoms with Gasteiger partial charge >= 0.3 is 0 Å². The van der Waals surface area contributed by atoms with Crippen LogP contribution in [-0.4, -0.2) is 18.5 Å². The van der Waals surface area contributed by atoms with Gasteiger partial charge in [0.2, 0.25) is 0 Å². The Morgan fingerprint density at radius 1 is 1.43 bits per heavy atom. The van der Waals surface area contributed by atoms with Gasteiger partial charge in [0.05, 0.1) is 12.8 Å². The third-order valence-electron chi connectivity index (χ3n) is 2.42. The summed E-state index contributed by atoms with van der Waals surface area (Å²) in [5.74, 6) is 0.825. The second kappa shape index (κ2) is 8.67. The van der Waals surface area contributed by atoms with Crippen LogP contribution in [0.5, 0.6) is 0 Å². The predicted molar refractivity (Wildman–Crippen MR) is 61.9 cm³/mol. The lowest BCUT2D eigenvalue weighted by molar-refractivity contribution is -0.112. The molecule has 0 aromatic heterocycles. The molecule has 0 spiro atoms. The number of hydrogen-bond donors (Lipinski definition) is 0. The molecular formula is C12H21NO. The highest BCUT2D eigenvalue weighted by Gasteiger charge is 2.05. The number of ketones is 1. The van der Waals surface area contributed by atoms with Crippen molar-refractivity contribution in [1.82, 2.24) is 0 Å². The van der Waals surface area contributed by atoms with Gasteiger partial charge < -0.3 is 0 Å². The fraction of sp³-hybridized carbons (Fsp3) is 0.667. The third kappa shape index (κ3) is 6.58. The molecule has 0 saturated heterocycles. The van der Waals surface area contributed by atoms with Crippen molar-refractivity contribution in [3.63, 3.8) is 0 Å². The Bertz CT molecular complexity index is 192. The highest BCUT2D eigenvalue weighted by Crippen LogP contribution is 2.14. The first-order chi connectivity index (χ1) is 6.74. The van der Waals surface area contributed by atoms with E-state index in [1.165, 1.54) is 6.21 Å². The summed E-state index contributed by atoms with van der Waals surface area (Å²) >= 11 is 0. The normalized spacial score (nSPS) is 11.1. The van der Waals surface area contributed by atoms with Crippen molar-refractivity contribution in [2.45, 2.75) is 39.5 Å². The molecule has 0 aliphatic heterocycles. The maximum Gasteiger partial charge on any atom is 0.173 e. The van der Waals surface area contributed by atoms with E-state index < -0.39 is 0 Å². The molecule has 0 aromatic rings. The monoisotopic (exact) mass is 195 g/mol. The zero-order valence-electron chi connectivity index (χ0n) is 9.33. The van der Waals surface area contributed by atoms with Crippen LogP contribution >= 0.6 is 0 Å². The zero-order chi connectivity index (χ0) is 10.8. The summed E-state index contributed by atoms with van der Waals surface area (Å²) in [6.45, 7) is 8.41. The Balaban J connectivity index is 3.67. The molecule has 14 heavy (non-hydrogen) atoms. The predicted octanol–water partition coefficient (Wildman–Crippen LogP) is 3.03. The summed E-state index contributed by atoms with van der Waals surface area (Å²) in [4.78, 5) is 15.2. The molecule has 0 N–H and O–H groups in total. The molecule has 0 atom stereocenters. The molecule has 80 valence electrons. The number of carbonyl (C=O) groups is 1. The van der Waals surface area contributed by atoms with Gasteiger partial charge in [-0.2, -0.15) is 0 Å². The maximum absolute atomic E-state index is 11.3. The first kappa shape index (κ1) is 13.1. The molecular weight excluding hydrogens is 174 g/mol. The van der Waals surface area contributed by atoms with E-state index in [1.807, 2.05) is 0 Å². The lowest BCUT2D eigenvalue weighted by atomic mass is 9.96. The molecule has 0 aromatic carbocycles. The number of aliphatic imine (C=N–C) groups is 1. The molecule has 2 heteroatoms. The SMILES string of the molecule is C=CCN=CC(=O)CCC(CC)CC. The molecule has 2 nitrogen and oxygen atoms in total. The van der Waals surface area contributed by atoms with Crippen LogP contribution in [0, 0.1) is 5.92 Å². The van der Waals surface area contributed by atoms with Gasteiger partial charge in [-0.25, -0.2) is 0 Å². The lowest BCUT2D eigenvalue weighted by Crippen LogP contribution is -2.04. The van der Waals surface area contributed by atoms with E-state index in [9.17, 15) is 4.79 Å². The van der Waals surface area contributed by atoms with Crippen molar-refractivity contribution in [3.8, 4) is 0 Å². The van der Waals surface area contributed by atoms with Gasteiger partial charge in [-0.05, 0) is 12.3 Å². The topological polar surface area (TPSA) is 29.4 Å². The first-order valence-electron chi connectivity index (χ1n) is 5.38. The van der Waals surface area contributed by atoms with Crippen molar-refractivity contribution >= 4 is 12.0 Å². The molecule has 0 bridgehead atoms. The molecule has 0 saturated carbocycles. The number of rotatable bonds is 8. The summed E-state index contributed by atoms with van der Waals surface area (Å²) in [6.07, 6.45) is 7.06. The summed E-state index contributed by atoms with van der Waals surface area (Å²) < 4.78 is 0. The first-order valence-corrected chi connectivity index (χ1v) is 5.38. The minimum atomic E-state index is 0.138. The molecule has 0 fully saturated rings. The highest BCUT2D eigenvalue weighted by molar-refractivity contribution is 6.27. The van der Waals surface area contributed by atoms with Crippen molar-refractivity contribution in [1.29, 1.82) is 0 Å². The minimum absolute atomic E-state index is 0.138. The summed E-state index contributed by atoms with van der Waals surface area (Å²) in [6, 6.07) is 0. The maximum atomic E-state index is 11.3. The van der Waals surface area contributed by atoms with E-state index in [-0.39, 0.29) is 5.78 Å². The van der Waals surface area contributed by atoms with E-state index >= 15 is 0 Å². The Labute approximate surface area is 87.1 Å². The zero-order valence-corrected chi connectivity index (χ0v) is 9.33. The fourth-order valence-electron chi connectivity index (χ4n) is 1.34. The van der Waals surface area contributed by atoms with Gasteiger partial charge in [0, 0.05) is 6.42 Å². The van der Waals surface area contributed by atoms with Crippen molar-refractivity contribution in [3.05, 3.63) is 12.7 Å². The molecule has 0 rings (SSSR count). The van der Waals surface area contributed by atoms with Gasteiger partial charge in [0.15, 0.2) is 5.78 Å². The lowest BCUT2D eigenvalue weighted by Gasteiger charge is -2.09. The van der Waals surface area contributed by atoms with Crippen LogP contribution < -0.4 is 0 Å². The second-order valence-corrected chi connectivity index (χ2v) is 3.47. The number of hydrogen-bond acceptors (Lipinski definition) is 2. The van der Waals surface area contributed by atoms with Crippen molar-refractivity contribution in [2.75, 3.05) is 6.54 Å². The smallest absolute Gasteiger partial charge is 0.173 e. The highest BCUT2D eigenvalue weighted by atomic mass is 16.1. The van der Waals surface area contributed by atoms with Gasteiger partial charge in [0.1, 0.15) is 0 Å². The Morgan fingerprint density at radius 3 is 2.57 bits per heavy atom. The van der Waals surface area contributed by atoms with E-state index in [2.05, 4.69) is 25.4 Å². The van der Waals surface area contributed by atoms with Crippen LogP contribution in [0.15, 0.2) is 17.6 Å². The minimum Gasteiger partial charge on any atom is -0.293 e. The van der Waals surface area contributed by atoms with Gasteiger partial charge in [-0.15, -0.1) is 6.58 Å². The summed E-state index contributed by atoms with van der Waals surface area (Å²) in [7, 11) is 0. The van der Waals surface area contributed by atoms with E-state index in [4.69, 9.17) is 0 Å². The van der Waals surface area contributed by atoms with E-state index in [1.54, 1.807) is 6.08 Å². The van der Waals surface area contributed by atoms with Crippen LogP contribution in [-0.2, 0) is 4.79 Å². The van der Waals surface area contributed by atoms with E-state index in [0.717, 1.165) is 19.3 Å². The molecule has 0 amide bonds. The summed E-state index contributed by atoms with van der Waals surface area (Å²) in [5.41, 5.74) is 0. The summed E-state index contributed by atoms with van der Waals surface area (Å²) in [5, 5.41) is 0. The quantitative estimate of drug-likeness (QED) is 0.432. The average molecular weight is 195 g/mol. The van der Waals surface area contributed by atoms with Crippen LogP contribution in [0.1, 0.15) is 39.5 Å². The Morgan fingerprint density at radius 2 is 2.07 bits per heavy atom. The van der Waals surface area contributed by atoms with Gasteiger partial charge in [-0.1, -0.05) is 32.8 Å². The van der Waals surface area contributed by atoms with Gasteiger partial charge in [0.25, 0.3) is 0 Å². The van der Waals surface area contributed by atoms with Crippen LogP contribution in [0.4, 0.5) is 0 Å². The largest absolute Gasteiger partial charge is 0.293 e. The standard InChI is InChI=1S/C12H21NO/c1-4-9-13-10-12(14)8-7-11(5-2)6-3/h4,10-11H,1,5-9H2,2-3H3. The Kier molecular flexibility index (Phi) is 8.10. The average Bonchev–Trinajstić information content (AvgIpc) is 2.20. The molecule has 0 aliphatic rings. The molecule has 0 unspecified atom stereocenters. The molecule has 0 heterocycles. The number of nitrogens with zero attached hydrogens (tertiary/aromatic N) is 1. The van der Waals surface area contributed by atoms with Gasteiger partial charge in [-0.3, -0.25) is 9.79 Å². The third-order valence-corrected chi connectivity index (χ3v) is 2.42. The molecule has 0 radical (unpaired) electrons.